The van der Waals surface area contributed by atoms with Crippen molar-refractivity contribution in [1.82, 2.24) is 5.32 Å². The number of ether oxygens (including phenoxy) is 3. The topological polar surface area (TPSA) is 80.2 Å². The number of nitrogens with one attached hydrogen (secondary N) is 1. The van der Waals surface area contributed by atoms with E-state index in [1.54, 1.807) is 26.4 Å². The molecule has 0 aliphatic carbocycles. The van der Waals surface area contributed by atoms with Gasteiger partial charge in [-0.15, -0.1) is 12.4 Å². The van der Waals surface area contributed by atoms with Crippen molar-refractivity contribution in [3.63, 3.8) is 0 Å². The van der Waals surface area contributed by atoms with E-state index in [-0.39, 0.29) is 18.2 Å². The number of phenols is 1. The summed E-state index contributed by atoms with van der Waals surface area (Å²) in [7, 11) is 4.70. The number of hydrogen-bond donors (Lipinski definition) is 3. The third-order valence-electron chi connectivity index (χ3n) is 3.96. The van der Waals surface area contributed by atoms with E-state index in [0.29, 0.717) is 35.9 Å². The van der Waals surface area contributed by atoms with E-state index in [0.717, 1.165) is 12.0 Å². The zero-order chi connectivity index (χ0) is 18.2. The number of aromatic hydroxyl groups is 1. The number of halogens is 1. The molecule has 0 aliphatic rings. The molecule has 0 aliphatic heterocycles. The summed E-state index contributed by atoms with van der Waals surface area (Å²) in [6.45, 7) is 1.11. The van der Waals surface area contributed by atoms with Crippen LogP contribution >= 0.6 is 12.4 Å². The molecule has 6 nitrogen and oxygen atoms in total. The minimum Gasteiger partial charge on any atom is -0.504 e. The van der Waals surface area contributed by atoms with Gasteiger partial charge >= 0.3 is 0 Å². The average molecular weight is 384 g/mol. The van der Waals surface area contributed by atoms with Crippen LogP contribution in [-0.4, -0.2) is 44.6 Å². The van der Waals surface area contributed by atoms with E-state index in [2.05, 4.69) is 5.32 Å². The Morgan fingerprint density at radius 2 is 1.62 bits per heavy atom. The Morgan fingerprint density at radius 3 is 2.27 bits per heavy atom. The number of rotatable bonds is 9. The predicted molar refractivity (Wildman–Crippen MR) is 103 cm³/mol. The second-order valence-electron chi connectivity index (χ2n) is 5.59. The lowest BCUT2D eigenvalue weighted by molar-refractivity contribution is 0.174. The van der Waals surface area contributed by atoms with Crippen molar-refractivity contribution in [3.05, 3.63) is 47.5 Å². The molecule has 2 rings (SSSR count). The maximum Gasteiger partial charge on any atom is 0.160 e. The lowest BCUT2D eigenvalue weighted by Gasteiger charge is -2.14. The molecule has 0 heterocycles. The average Bonchev–Trinajstić information content (AvgIpc) is 2.65. The van der Waals surface area contributed by atoms with Crippen LogP contribution < -0.4 is 19.5 Å². The zero-order valence-electron chi connectivity index (χ0n) is 15.2. The fourth-order valence-corrected chi connectivity index (χ4v) is 2.53. The number of phenolic OH excluding ortho intramolecular Hbond substituents is 1. The molecule has 0 fully saturated rings. The summed E-state index contributed by atoms with van der Waals surface area (Å²) in [5, 5.41) is 23.1. The maximum atomic E-state index is 10.2. The molecule has 0 spiro atoms. The quantitative estimate of drug-likeness (QED) is 0.578. The van der Waals surface area contributed by atoms with E-state index < -0.39 is 6.10 Å². The van der Waals surface area contributed by atoms with Crippen LogP contribution in [0.3, 0.4) is 0 Å². The normalized spacial score (nSPS) is 11.4. The SMILES string of the molecule is COc1cc([C@@H](O)CNCCc2ccc(OC)c(OC)c2)ccc1O.Cl. The van der Waals surface area contributed by atoms with E-state index in [1.165, 1.54) is 13.2 Å². The van der Waals surface area contributed by atoms with Crippen molar-refractivity contribution in [2.24, 2.45) is 0 Å². The number of hydrogen-bond acceptors (Lipinski definition) is 6. The second-order valence-corrected chi connectivity index (χ2v) is 5.59. The summed E-state index contributed by atoms with van der Waals surface area (Å²) in [5.41, 5.74) is 1.80. The first-order valence-corrected chi connectivity index (χ1v) is 8.05. The summed E-state index contributed by atoms with van der Waals surface area (Å²) in [6, 6.07) is 10.6. The van der Waals surface area contributed by atoms with Gasteiger partial charge in [-0.3, -0.25) is 0 Å². The molecule has 3 N–H and O–H groups in total. The Labute approximate surface area is 160 Å². The highest BCUT2D eigenvalue weighted by molar-refractivity contribution is 5.85. The summed E-state index contributed by atoms with van der Waals surface area (Å²) in [5.74, 6) is 1.81. The smallest absolute Gasteiger partial charge is 0.160 e. The van der Waals surface area contributed by atoms with Crippen molar-refractivity contribution < 1.29 is 24.4 Å². The molecule has 2 aromatic carbocycles. The Morgan fingerprint density at radius 1 is 0.923 bits per heavy atom. The minimum atomic E-state index is -0.681. The van der Waals surface area contributed by atoms with Gasteiger partial charge in [0.2, 0.25) is 0 Å². The summed E-state index contributed by atoms with van der Waals surface area (Å²) < 4.78 is 15.6. The molecule has 0 radical (unpaired) electrons. The number of aliphatic hydroxyl groups excluding tert-OH is 1. The van der Waals surface area contributed by atoms with Gasteiger partial charge in [0.05, 0.1) is 27.4 Å². The number of aliphatic hydroxyl groups is 1. The first-order valence-electron chi connectivity index (χ1n) is 8.05. The molecule has 0 aromatic heterocycles. The summed E-state index contributed by atoms with van der Waals surface area (Å²) in [6.07, 6.45) is 0.117. The molecule has 0 saturated carbocycles. The third-order valence-corrected chi connectivity index (χ3v) is 3.96. The number of methoxy groups -OCH3 is 3. The van der Waals surface area contributed by atoms with Gasteiger partial charge in [-0.25, -0.2) is 0 Å². The molecule has 7 heteroatoms. The van der Waals surface area contributed by atoms with Gasteiger partial charge in [-0.2, -0.15) is 0 Å². The Balaban J connectivity index is 0.00000338. The monoisotopic (exact) mass is 383 g/mol. The Hall–Kier alpha value is -2.15. The second kappa shape index (κ2) is 10.8. The summed E-state index contributed by atoms with van der Waals surface area (Å²) in [4.78, 5) is 0. The van der Waals surface area contributed by atoms with Crippen LogP contribution in [0.1, 0.15) is 17.2 Å². The first kappa shape index (κ1) is 21.9. The van der Waals surface area contributed by atoms with E-state index in [1.807, 2.05) is 18.2 Å². The van der Waals surface area contributed by atoms with Crippen LogP contribution in [0.2, 0.25) is 0 Å². The largest absolute Gasteiger partial charge is 0.504 e. The molecule has 0 saturated heterocycles. The van der Waals surface area contributed by atoms with Crippen LogP contribution in [0, 0.1) is 0 Å². The first-order chi connectivity index (χ1) is 12.1. The van der Waals surface area contributed by atoms with Crippen molar-refractivity contribution >= 4 is 12.4 Å². The molecule has 1 atom stereocenters. The highest BCUT2D eigenvalue weighted by Gasteiger charge is 2.11. The van der Waals surface area contributed by atoms with Crippen LogP contribution in [0.15, 0.2) is 36.4 Å². The van der Waals surface area contributed by atoms with Gasteiger partial charge in [-0.1, -0.05) is 12.1 Å². The molecule has 26 heavy (non-hydrogen) atoms. The van der Waals surface area contributed by atoms with Crippen molar-refractivity contribution in [2.75, 3.05) is 34.4 Å². The molecule has 144 valence electrons. The molecule has 0 unspecified atom stereocenters. The Bertz CT molecular complexity index is 696. The lowest BCUT2D eigenvalue weighted by atomic mass is 10.1. The van der Waals surface area contributed by atoms with Crippen molar-refractivity contribution in [3.8, 4) is 23.0 Å². The minimum absolute atomic E-state index is 0. The molecular formula is C19H26ClNO5. The standard InChI is InChI=1S/C19H25NO5.ClH/c1-23-17-7-4-13(10-19(17)25-3)8-9-20-12-16(22)14-5-6-15(21)18(11-14)24-2;/h4-7,10-11,16,20-22H,8-9,12H2,1-3H3;1H/t16-;/m0./s1. The highest BCUT2D eigenvalue weighted by Crippen LogP contribution is 2.29. The van der Waals surface area contributed by atoms with E-state index >= 15 is 0 Å². The molecular weight excluding hydrogens is 358 g/mol. The van der Waals surface area contributed by atoms with Crippen LogP contribution in [0.5, 0.6) is 23.0 Å². The van der Waals surface area contributed by atoms with Gasteiger partial charge in [0.25, 0.3) is 0 Å². The van der Waals surface area contributed by atoms with Crippen LogP contribution in [0.4, 0.5) is 0 Å². The molecule has 2 aromatic rings. The fourth-order valence-electron chi connectivity index (χ4n) is 2.53. The van der Waals surface area contributed by atoms with Gasteiger partial charge in [0, 0.05) is 6.54 Å². The fraction of sp³-hybridized carbons (Fsp3) is 0.368. The van der Waals surface area contributed by atoms with Gasteiger partial charge < -0.3 is 29.7 Å². The predicted octanol–water partition coefficient (Wildman–Crippen LogP) is 2.71. The van der Waals surface area contributed by atoms with E-state index in [9.17, 15) is 10.2 Å². The zero-order valence-corrected chi connectivity index (χ0v) is 16.0. The number of benzene rings is 2. The molecule has 0 amide bonds. The summed E-state index contributed by atoms with van der Waals surface area (Å²) >= 11 is 0. The van der Waals surface area contributed by atoms with Gasteiger partial charge in [-0.05, 0) is 48.4 Å². The van der Waals surface area contributed by atoms with Crippen LogP contribution in [0.25, 0.3) is 0 Å². The Kier molecular flexibility index (Phi) is 9.05. The van der Waals surface area contributed by atoms with Crippen molar-refractivity contribution in [1.29, 1.82) is 0 Å². The van der Waals surface area contributed by atoms with Gasteiger partial charge in [0.1, 0.15) is 0 Å². The lowest BCUT2D eigenvalue weighted by Crippen LogP contribution is -2.23. The molecule has 0 bridgehead atoms. The van der Waals surface area contributed by atoms with Gasteiger partial charge in [0.15, 0.2) is 23.0 Å². The van der Waals surface area contributed by atoms with Crippen LogP contribution in [-0.2, 0) is 6.42 Å². The van der Waals surface area contributed by atoms with Crippen molar-refractivity contribution in [2.45, 2.75) is 12.5 Å². The maximum absolute atomic E-state index is 10.2. The highest BCUT2D eigenvalue weighted by atomic mass is 35.5. The third kappa shape index (κ3) is 5.69. The van der Waals surface area contributed by atoms with E-state index in [4.69, 9.17) is 14.2 Å².